The van der Waals surface area contributed by atoms with Gasteiger partial charge >= 0.3 is 0 Å². The number of aromatic nitrogens is 1. The summed E-state index contributed by atoms with van der Waals surface area (Å²) in [4.78, 5) is 17.6. The minimum atomic E-state index is -0.197. The van der Waals surface area contributed by atoms with E-state index in [1.165, 1.54) is 0 Å². The van der Waals surface area contributed by atoms with E-state index in [0.717, 1.165) is 5.39 Å². The number of benzene rings is 1. The van der Waals surface area contributed by atoms with Crippen LogP contribution in [0.4, 0.5) is 0 Å². The Kier molecular flexibility index (Phi) is 2.95. The first-order valence-electron chi connectivity index (χ1n) is 5.47. The zero-order valence-corrected chi connectivity index (χ0v) is 9.84. The number of nitrogens with zero attached hydrogens (tertiary/aromatic N) is 2. The van der Waals surface area contributed by atoms with E-state index in [1.54, 1.807) is 36.3 Å². The van der Waals surface area contributed by atoms with Gasteiger partial charge in [-0.15, -0.1) is 0 Å². The van der Waals surface area contributed by atoms with E-state index in [2.05, 4.69) is 4.98 Å². The van der Waals surface area contributed by atoms with Crippen molar-refractivity contribution < 1.29 is 9.90 Å². The average molecular weight is 230 g/mol. The number of amides is 1. The number of phenolic OH excluding ortho intramolecular Hbond substituents is 1. The van der Waals surface area contributed by atoms with Gasteiger partial charge in [-0.05, 0) is 19.1 Å². The highest BCUT2D eigenvalue weighted by molar-refractivity contribution is 6.02. The standard InChI is InChI=1S/C13H14N2O2/c1-3-15(2)13(17)10-7-6-9-5-4-8-14-11(9)12(10)16/h4-8,16H,3H2,1-2H3. The third-order valence-corrected chi connectivity index (χ3v) is 2.80. The summed E-state index contributed by atoms with van der Waals surface area (Å²) in [5.41, 5.74) is 0.753. The summed E-state index contributed by atoms with van der Waals surface area (Å²) >= 11 is 0. The summed E-state index contributed by atoms with van der Waals surface area (Å²) in [6, 6.07) is 7.06. The van der Waals surface area contributed by atoms with Gasteiger partial charge in [-0.3, -0.25) is 9.78 Å². The largest absolute Gasteiger partial charge is 0.505 e. The summed E-state index contributed by atoms with van der Waals surface area (Å²) in [6.45, 7) is 2.48. The lowest BCUT2D eigenvalue weighted by Crippen LogP contribution is -2.26. The van der Waals surface area contributed by atoms with Crippen molar-refractivity contribution in [1.29, 1.82) is 0 Å². The number of phenols is 1. The number of fused-ring (bicyclic) bond motifs is 1. The Morgan fingerprint density at radius 1 is 1.41 bits per heavy atom. The Morgan fingerprint density at radius 3 is 2.88 bits per heavy atom. The smallest absolute Gasteiger partial charge is 0.257 e. The van der Waals surface area contributed by atoms with Crippen LogP contribution in [0.25, 0.3) is 10.9 Å². The van der Waals surface area contributed by atoms with E-state index in [0.29, 0.717) is 17.6 Å². The van der Waals surface area contributed by atoms with Crippen molar-refractivity contribution in [3.63, 3.8) is 0 Å². The number of carbonyl (C=O) groups is 1. The Hall–Kier alpha value is -2.10. The van der Waals surface area contributed by atoms with Crippen molar-refractivity contribution in [1.82, 2.24) is 9.88 Å². The average Bonchev–Trinajstić information content (AvgIpc) is 2.38. The molecule has 0 aliphatic heterocycles. The lowest BCUT2D eigenvalue weighted by molar-refractivity contribution is 0.0799. The van der Waals surface area contributed by atoms with Crippen molar-refractivity contribution in [3.05, 3.63) is 36.0 Å². The van der Waals surface area contributed by atoms with Gasteiger partial charge in [-0.25, -0.2) is 0 Å². The van der Waals surface area contributed by atoms with E-state index in [1.807, 2.05) is 13.0 Å². The maximum absolute atomic E-state index is 12.0. The number of pyridine rings is 1. The number of rotatable bonds is 2. The fraction of sp³-hybridized carbons (Fsp3) is 0.231. The zero-order valence-electron chi connectivity index (χ0n) is 9.84. The van der Waals surface area contributed by atoms with Crippen LogP contribution < -0.4 is 0 Å². The van der Waals surface area contributed by atoms with Gasteiger partial charge < -0.3 is 10.0 Å². The number of hydrogen-bond acceptors (Lipinski definition) is 3. The van der Waals surface area contributed by atoms with Crippen LogP contribution in [0.3, 0.4) is 0 Å². The van der Waals surface area contributed by atoms with E-state index < -0.39 is 0 Å². The SMILES string of the molecule is CCN(C)C(=O)c1ccc2cccnc2c1O. The third kappa shape index (κ3) is 1.93. The monoisotopic (exact) mass is 230 g/mol. The molecule has 88 valence electrons. The Bertz CT molecular complexity index is 566. The number of carbonyl (C=O) groups excluding carboxylic acids is 1. The van der Waals surface area contributed by atoms with Crippen LogP contribution in [0.15, 0.2) is 30.5 Å². The predicted octanol–water partition coefficient (Wildman–Crippen LogP) is 2.03. The predicted molar refractivity (Wildman–Crippen MR) is 66.0 cm³/mol. The molecule has 1 amide bonds. The van der Waals surface area contributed by atoms with Gasteiger partial charge in [0.05, 0.1) is 5.56 Å². The van der Waals surface area contributed by atoms with Crippen LogP contribution in [-0.4, -0.2) is 34.5 Å². The first-order chi connectivity index (χ1) is 8.15. The molecule has 0 saturated carbocycles. The highest BCUT2D eigenvalue weighted by Gasteiger charge is 2.16. The fourth-order valence-electron chi connectivity index (χ4n) is 1.65. The van der Waals surface area contributed by atoms with Gasteiger partial charge in [0, 0.05) is 25.2 Å². The zero-order chi connectivity index (χ0) is 12.4. The van der Waals surface area contributed by atoms with Gasteiger partial charge in [0.2, 0.25) is 0 Å². The van der Waals surface area contributed by atoms with Gasteiger partial charge in [0.25, 0.3) is 5.91 Å². The van der Waals surface area contributed by atoms with Gasteiger partial charge in [-0.2, -0.15) is 0 Å². The van der Waals surface area contributed by atoms with Crippen LogP contribution in [0.1, 0.15) is 17.3 Å². The maximum Gasteiger partial charge on any atom is 0.257 e. The lowest BCUT2D eigenvalue weighted by atomic mass is 10.1. The molecular formula is C13H14N2O2. The molecule has 1 aromatic heterocycles. The summed E-state index contributed by atoms with van der Waals surface area (Å²) in [5, 5.41) is 10.9. The van der Waals surface area contributed by atoms with Gasteiger partial charge in [0.15, 0.2) is 5.75 Å². The molecule has 2 rings (SSSR count). The summed E-state index contributed by atoms with van der Waals surface area (Å²) in [7, 11) is 1.70. The molecule has 0 saturated heterocycles. The fourth-order valence-corrected chi connectivity index (χ4v) is 1.65. The van der Waals surface area contributed by atoms with Crippen LogP contribution in [0, 0.1) is 0 Å². The molecule has 0 spiro atoms. The second kappa shape index (κ2) is 4.41. The van der Waals surface area contributed by atoms with Crippen LogP contribution >= 0.6 is 0 Å². The Balaban J connectivity index is 2.56. The molecule has 0 bridgehead atoms. The molecule has 4 heteroatoms. The molecule has 4 nitrogen and oxygen atoms in total. The maximum atomic E-state index is 12.0. The second-order valence-corrected chi connectivity index (χ2v) is 3.86. The molecule has 0 aliphatic carbocycles. The molecular weight excluding hydrogens is 216 g/mol. The van der Waals surface area contributed by atoms with E-state index in [-0.39, 0.29) is 11.7 Å². The van der Waals surface area contributed by atoms with Gasteiger partial charge in [0.1, 0.15) is 5.52 Å². The molecule has 0 atom stereocenters. The molecule has 1 aromatic carbocycles. The molecule has 0 aliphatic rings. The topological polar surface area (TPSA) is 53.4 Å². The summed E-state index contributed by atoms with van der Waals surface area (Å²) < 4.78 is 0. The van der Waals surface area contributed by atoms with Crippen LogP contribution in [0.2, 0.25) is 0 Å². The second-order valence-electron chi connectivity index (χ2n) is 3.86. The van der Waals surface area contributed by atoms with E-state index in [4.69, 9.17) is 0 Å². The lowest BCUT2D eigenvalue weighted by Gasteiger charge is -2.15. The molecule has 0 unspecified atom stereocenters. The molecule has 0 fully saturated rings. The highest BCUT2D eigenvalue weighted by Crippen LogP contribution is 2.27. The minimum Gasteiger partial charge on any atom is -0.505 e. The molecule has 2 aromatic rings. The van der Waals surface area contributed by atoms with E-state index >= 15 is 0 Å². The number of aromatic hydroxyl groups is 1. The molecule has 1 heterocycles. The summed E-state index contributed by atoms with van der Waals surface area (Å²) in [5.74, 6) is -0.244. The van der Waals surface area contributed by atoms with Crippen molar-refractivity contribution in [2.75, 3.05) is 13.6 Å². The Morgan fingerprint density at radius 2 is 2.18 bits per heavy atom. The quantitative estimate of drug-likeness (QED) is 0.858. The van der Waals surface area contributed by atoms with E-state index in [9.17, 15) is 9.90 Å². The normalized spacial score (nSPS) is 10.5. The molecule has 1 N–H and O–H groups in total. The third-order valence-electron chi connectivity index (χ3n) is 2.80. The highest BCUT2D eigenvalue weighted by atomic mass is 16.3. The number of hydrogen-bond donors (Lipinski definition) is 1. The first-order valence-corrected chi connectivity index (χ1v) is 5.47. The minimum absolute atomic E-state index is 0.0478. The van der Waals surface area contributed by atoms with Crippen molar-refractivity contribution >= 4 is 16.8 Å². The molecule has 0 radical (unpaired) electrons. The summed E-state index contributed by atoms with van der Waals surface area (Å²) in [6.07, 6.45) is 1.60. The van der Waals surface area contributed by atoms with Crippen molar-refractivity contribution in [3.8, 4) is 5.75 Å². The molecule has 17 heavy (non-hydrogen) atoms. The van der Waals surface area contributed by atoms with Crippen LogP contribution in [-0.2, 0) is 0 Å². The first kappa shape index (κ1) is 11.4. The van der Waals surface area contributed by atoms with Crippen molar-refractivity contribution in [2.24, 2.45) is 0 Å². The van der Waals surface area contributed by atoms with Crippen molar-refractivity contribution in [2.45, 2.75) is 6.92 Å². The van der Waals surface area contributed by atoms with Crippen LogP contribution in [0.5, 0.6) is 5.75 Å². The Labute approximate surface area is 99.5 Å². The van der Waals surface area contributed by atoms with Gasteiger partial charge in [-0.1, -0.05) is 12.1 Å².